The summed E-state index contributed by atoms with van der Waals surface area (Å²) in [6.45, 7) is 4.83. The third-order valence-electron chi connectivity index (χ3n) is 2.85. The maximum Gasteiger partial charge on any atom is 0.0667 e. The summed E-state index contributed by atoms with van der Waals surface area (Å²) in [4.78, 5) is 4.24. The van der Waals surface area contributed by atoms with Crippen molar-refractivity contribution in [2.24, 2.45) is 0 Å². The van der Waals surface area contributed by atoms with E-state index in [0.29, 0.717) is 6.04 Å². The molecule has 94 valence electrons. The van der Waals surface area contributed by atoms with E-state index in [0.717, 1.165) is 44.0 Å². The molecule has 1 aliphatic rings. The van der Waals surface area contributed by atoms with Crippen molar-refractivity contribution in [2.75, 3.05) is 30.4 Å². The van der Waals surface area contributed by atoms with Crippen molar-refractivity contribution in [1.29, 1.82) is 0 Å². The Morgan fingerprint density at radius 1 is 1.41 bits per heavy atom. The van der Waals surface area contributed by atoms with Crippen LogP contribution in [0.3, 0.4) is 0 Å². The summed E-state index contributed by atoms with van der Waals surface area (Å²) in [5, 5.41) is 6.81. The van der Waals surface area contributed by atoms with Gasteiger partial charge in [0.25, 0.3) is 0 Å². The van der Waals surface area contributed by atoms with E-state index in [-0.39, 0.29) is 0 Å². The molecule has 0 bridgehead atoms. The third kappa shape index (κ3) is 3.89. The number of anilines is 2. The lowest BCUT2D eigenvalue weighted by molar-refractivity contribution is 0.0876. The molecule has 1 aliphatic heterocycles. The van der Waals surface area contributed by atoms with Gasteiger partial charge in [-0.05, 0) is 25.3 Å². The maximum absolute atomic E-state index is 5.45. The number of pyridine rings is 1. The van der Waals surface area contributed by atoms with Crippen molar-refractivity contribution in [3.05, 3.63) is 18.5 Å². The number of rotatable bonds is 5. The molecule has 2 N–H and O–H groups in total. The molecule has 1 atom stereocenters. The Bertz CT molecular complexity index is 337. The van der Waals surface area contributed by atoms with Crippen molar-refractivity contribution < 1.29 is 4.74 Å². The van der Waals surface area contributed by atoms with Crippen LogP contribution in [0.15, 0.2) is 18.5 Å². The Morgan fingerprint density at radius 2 is 2.29 bits per heavy atom. The topological polar surface area (TPSA) is 46.2 Å². The van der Waals surface area contributed by atoms with Gasteiger partial charge in [0.1, 0.15) is 0 Å². The summed E-state index contributed by atoms with van der Waals surface area (Å²) in [5.74, 6) is 0. The van der Waals surface area contributed by atoms with E-state index in [4.69, 9.17) is 4.74 Å². The zero-order chi connectivity index (χ0) is 11.9. The highest BCUT2D eigenvalue weighted by atomic mass is 16.5. The zero-order valence-corrected chi connectivity index (χ0v) is 10.4. The minimum atomic E-state index is 0.423. The molecule has 4 heteroatoms. The number of aromatic nitrogens is 1. The minimum Gasteiger partial charge on any atom is -0.384 e. The summed E-state index contributed by atoms with van der Waals surface area (Å²) in [6.07, 6.45) is 7.16. The Labute approximate surface area is 103 Å². The third-order valence-corrected chi connectivity index (χ3v) is 2.85. The maximum atomic E-state index is 5.45. The largest absolute Gasteiger partial charge is 0.384 e. The van der Waals surface area contributed by atoms with E-state index >= 15 is 0 Å². The molecule has 1 unspecified atom stereocenters. The summed E-state index contributed by atoms with van der Waals surface area (Å²) in [6, 6.07) is 2.53. The Morgan fingerprint density at radius 3 is 3.06 bits per heavy atom. The predicted octanol–water partition coefficient (Wildman–Crippen LogP) is 2.49. The quantitative estimate of drug-likeness (QED) is 0.823. The minimum absolute atomic E-state index is 0.423. The van der Waals surface area contributed by atoms with Gasteiger partial charge in [0.2, 0.25) is 0 Å². The predicted molar refractivity (Wildman–Crippen MR) is 70.5 cm³/mol. The van der Waals surface area contributed by atoms with Gasteiger partial charge in [-0.2, -0.15) is 0 Å². The van der Waals surface area contributed by atoms with Gasteiger partial charge in [-0.15, -0.1) is 0 Å². The smallest absolute Gasteiger partial charge is 0.0667 e. The molecular weight excluding hydrogens is 214 g/mol. The van der Waals surface area contributed by atoms with Crippen molar-refractivity contribution in [3.8, 4) is 0 Å². The molecule has 0 radical (unpaired) electrons. The van der Waals surface area contributed by atoms with Crippen LogP contribution in [-0.4, -0.2) is 30.8 Å². The van der Waals surface area contributed by atoms with Gasteiger partial charge in [0, 0.05) is 19.2 Å². The van der Waals surface area contributed by atoms with Gasteiger partial charge in [0.05, 0.1) is 30.4 Å². The van der Waals surface area contributed by atoms with Gasteiger partial charge in [0.15, 0.2) is 0 Å². The van der Waals surface area contributed by atoms with Crippen LogP contribution in [0.25, 0.3) is 0 Å². The number of hydrogen-bond donors (Lipinski definition) is 2. The molecule has 0 saturated carbocycles. The average molecular weight is 235 g/mol. The van der Waals surface area contributed by atoms with Gasteiger partial charge in [-0.1, -0.05) is 6.92 Å². The molecule has 0 amide bonds. The fourth-order valence-electron chi connectivity index (χ4n) is 1.98. The second-order valence-electron chi connectivity index (χ2n) is 4.45. The molecular formula is C13H21N3O. The van der Waals surface area contributed by atoms with E-state index in [1.165, 1.54) is 6.42 Å². The fourth-order valence-corrected chi connectivity index (χ4v) is 1.98. The molecule has 2 rings (SSSR count). The van der Waals surface area contributed by atoms with Crippen LogP contribution in [0.5, 0.6) is 0 Å². The van der Waals surface area contributed by atoms with Gasteiger partial charge in [-0.25, -0.2) is 0 Å². The molecule has 17 heavy (non-hydrogen) atoms. The fraction of sp³-hybridized carbons (Fsp3) is 0.615. The van der Waals surface area contributed by atoms with E-state index in [1.807, 2.05) is 12.4 Å². The molecule has 1 aromatic rings. The molecule has 4 nitrogen and oxygen atoms in total. The Hall–Kier alpha value is -1.29. The normalized spacial score (nSPS) is 19.9. The van der Waals surface area contributed by atoms with E-state index < -0.39 is 0 Å². The van der Waals surface area contributed by atoms with Crippen LogP contribution in [0.1, 0.15) is 26.2 Å². The number of ether oxygens (including phenoxy) is 1. The van der Waals surface area contributed by atoms with Crippen molar-refractivity contribution in [2.45, 2.75) is 32.2 Å². The second-order valence-corrected chi connectivity index (χ2v) is 4.45. The molecule has 0 aliphatic carbocycles. The standard InChI is InChI=1S/C13H21N3O/c1-2-5-15-12-7-13(9-14-8-12)16-11-4-3-6-17-10-11/h7-9,11,15-16H,2-6,10H2,1H3. The lowest BCUT2D eigenvalue weighted by Crippen LogP contribution is -2.29. The van der Waals surface area contributed by atoms with E-state index in [9.17, 15) is 0 Å². The van der Waals surface area contributed by atoms with E-state index in [1.54, 1.807) is 0 Å². The monoisotopic (exact) mass is 235 g/mol. The number of nitrogens with one attached hydrogen (secondary N) is 2. The highest BCUT2D eigenvalue weighted by Crippen LogP contribution is 2.17. The van der Waals surface area contributed by atoms with Crippen LogP contribution in [0, 0.1) is 0 Å². The van der Waals surface area contributed by atoms with Crippen LogP contribution < -0.4 is 10.6 Å². The second kappa shape index (κ2) is 6.45. The van der Waals surface area contributed by atoms with Crippen molar-refractivity contribution in [3.63, 3.8) is 0 Å². The molecule has 0 spiro atoms. The summed E-state index contributed by atoms with van der Waals surface area (Å²) in [7, 11) is 0. The van der Waals surface area contributed by atoms with Crippen molar-refractivity contribution >= 4 is 11.4 Å². The Balaban J connectivity index is 1.90. The average Bonchev–Trinajstić information content (AvgIpc) is 2.38. The van der Waals surface area contributed by atoms with E-state index in [2.05, 4.69) is 28.6 Å². The first-order chi connectivity index (χ1) is 8.38. The first kappa shape index (κ1) is 12.2. The summed E-state index contributed by atoms with van der Waals surface area (Å²) < 4.78 is 5.45. The number of nitrogens with zero attached hydrogens (tertiary/aromatic N) is 1. The molecule has 1 fully saturated rings. The van der Waals surface area contributed by atoms with Crippen LogP contribution >= 0.6 is 0 Å². The number of hydrogen-bond acceptors (Lipinski definition) is 4. The Kier molecular flexibility index (Phi) is 4.62. The lowest BCUT2D eigenvalue weighted by Gasteiger charge is -2.24. The first-order valence-corrected chi connectivity index (χ1v) is 6.41. The molecule has 1 saturated heterocycles. The van der Waals surface area contributed by atoms with Gasteiger partial charge in [-0.3, -0.25) is 4.98 Å². The van der Waals surface area contributed by atoms with Gasteiger partial charge >= 0.3 is 0 Å². The zero-order valence-electron chi connectivity index (χ0n) is 10.4. The molecule has 0 aromatic carbocycles. The highest BCUT2D eigenvalue weighted by molar-refractivity contribution is 5.54. The van der Waals surface area contributed by atoms with Crippen molar-refractivity contribution in [1.82, 2.24) is 4.98 Å². The molecule has 1 aromatic heterocycles. The highest BCUT2D eigenvalue weighted by Gasteiger charge is 2.13. The summed E-state index contributed by atoms with van der Waals surface area (Å²) in [5.41, 5.74) is 2.15. The van der Waals surface area contributed by atoms with Crippen LogP contribution in [0.4, 0.5) is 11.4 Å². The lowest BCUT2D eigenvalue weighted by atomic mass is 10.1. The van der Waals surface area contributed by atoms with Crippen LogP contribution in [-0.2, 0) is 4.74 Å². The summed E-state index contributed by atoms with van der Waals surface area (Å²) >= 11 is 0. The van der Waals surface area contributed by atoms with Crippen LogP contribution in [0.2, 0.25) is 0 Å². The first-order valence-electron chi connectivity index (χ1n) is 6.41. The SMILES string of the molecule is CCCNc1cncc(NC2CCCOC2)c1. The molecule has 2 heterocycles. The van der Waals surface area contributed by atoms with Gasteiger partial charge < -0.3 is 15.4 Å².